The number of hydrogen-bond donors (Lipinski definition) is 0. The van der Waals surface area contributed by atoms with E-state index in [9.17, 15) is 14.4 Å². The van der Waals surface area contributed by atoms with Crippen molar-refractivity contribution in [3.63, 3.8) is 0 Å². The maximum atomic E-state index is 12.9. The molecule has 1 aromatic carbocycles. The lowest BCUT2D eigenvalue weighted by Gasteiger charge is -2.34. The summed E-state index contributed by atoms with van der Waals surface area (Å²) in [7, 11) is 0. The second-order valence-corrected chi connectivity index (χ2v) is 8.39. The molecule has 3 amide bonds. The zero-order valence-corrected chi connectivity index (χ0v) is 18.2. The minimum absolute atomic E-state index is 0.0112. The highest BCUT2D eigenvalue weighted by atomic mass is 16.5. The Bertz CT molecular complexity index is 835. The van der Waals surface area contributed by atoms with Gasteiger partial charge in [0.25, 0.3) is 0 Å². The van der Waals surface area contributed by atoms with E-state index in [0.717, 1.165) is 36.3 Å². The number of ether oxygens (including phenoxy) is 2. The standard InChI is InChI=1S/C23H31N3O5/c1-17(27)24-10-12-25(13-11-24)22(28)7-8-23(29)26-9-2-4-19(26)18-5-6-20-21(16-18)31-15-3-14-30-20/h5-6,16,19H,2-4,7-15H2,1H3/t19-/m1/s1. The molecule has 0 aromatic heterocycles. The van der Waals surface area contributed by atoms with Crippen molar-refractivity contribution in [2.24, 2.45) is 0 Å². The molecule has 2 saturated heterocycles. The van der Waals surface area contributed by atoms with E-state index in [2.05, 4.69) is 0 Å². The van der Waals surface area contributed by atoms with E-state index < -0.39 is 0 Å². The van der Waals surface area contributed by atoms with Gasteiger partial charge in [-0.05, 0) is 30.5 Å². The van der Waals surface area contributed by atoms with E-state index in [1.165, 1.54) is 0 Å². The lowest BCUT2D eigenvalue weighted by atomic mass is 10.0. The van der Waals surface area contributed by atoms with Crippen LogP contribution >= 0.6 is 0 Å². The zero-order valence-electron chi connectivity index (χ0n) is 18.2. The minimum atomic E-state index is -0.0112. The van der Waals surface area contributed by atoms with Gasteiger partial charge in [0.05, 0.1) is 19.3 Å². The first-order valence-corrected chi connectivity index (χ1v) is 11.3. The van der Waals surface area contributed by atoms with Crippen molar-refractivity contribution < 1.29 is 23.9 Å². The number of carbonyl (C=O) groups is 3. The van der Waals surface area contributed by atoms with Crippen molar-refractivity contribution in [1.29, 1.82) is 0 Å². The number of rotatable bonds is 4. The van der Waals surface area contributed by atoms with Crippen LogP contribution in [0.1, 0.15) is 50.6 Å². The number of fused-ring (bicyclic) bond motifs is 1. The molecule has 0 bridgehead atoms. The van der Waals surface area contributed by atoms with Crippen molar-refractivity contribution in [2.45, 2.75) is 45.1 Å². The first-order chi connectivity index (χ1) is 15.0. The third kappa shape index (κ3) is 4.94. The number of likely N-dealkylation sites (tertiary alicyclic amines) is 1. The van der Waals surface area contributed by atoms with Gasteiger partial charge < -0.3 is 24.2 Å². The molecule has 8 heteroatoms. The summed E-state index contributed by atoms with van der Waals surface area (Å²) >= 11 is 0. The molecule has 4 rings (SSSR count). The van der Waals surface area contributed by atoms with Crippen LogP contribution in [0, 0.1) is 0 Å². The molecule has 168 valence electrons. The fourth-order valence-corrected chi connectivity index (χ4v) is 4.59. The number of carbonyl (C=O) groups excluding carboxylic acids is 3. The molecule has 0 aliphatic carbocycles. The van der Waals surface area contributed by atoms with Crippen LogP contribution in [0.25, 0.3) is 0 Å². The molecular weight excluding hydrogens is 398 g/mol. The van der Waals surface area contributed by atoms with Crippen molar-refractivity contribution >= 4 is 17.7 Å². The van der Waals surface area contributed by atoms with Crippen molar-refractivity contribution in [1.82, 2.24) is 14.7 Å². The topological polar surface area (TPSA) is 79.4 Å². The van der Waals surface area contributed by atoms with Gasteiger partial charge in [-0.3, -0.25) is 14.4 Å². The summed E-state index contributed by atoms with van der Waals surface area (Å²) in [6.07, 6.45) is 3.14. The molecule has 0 saturated carbocycles. The van der Waals surface area contributed by atoms with E-state index in [1.54, 1.807) is 16.7 Å². The number of piperazine rings is 1. The largest absolute Gasteiger partial charge is 0.490 e. The monoisotopic (exact) mass is 429 g/mol. The minimum Gasteiger partial charge on any atom is -0.490 e. The summed E-state index contributed by atoms with van der Waals surface area (Å²) in [5.74, 6) is 1.55. The van der Waals surface area contributed by atoms with Gasteiger partial charge in [0, 0.05) is 58.9 Å². The summed E-state index contributed by atoms with van der Waals surface area (Å²) in [5.41, 5.74) is 1.06. The molecule has 31 heavy (non-hydrogen) atoms. The maximum Gasteiger partial charge on any atom is 0.223 e. The van der Waals surface area contributed by atoms with Crippen LogP contribution in [0.5, 0.6) is 11.5 Å². The summed E-state index contributed by atoms with van der Waals surface area (Å²) in [6, 6.07) is 5.96. The van der Waals surface area contributed by atoms with E-state index in [1.807, 2.05) is 23.1 Å². The molecule has 1 aromatic rings. The van der Waals surface area contributed by atoms with Crippen molar-refractivity contribution in [3.8, 4) is 11.5 Å². The van der Waals surface area contributed by atoms with Crippen LogP contribution in [0.2, 0.25) is 0 Å². The second kappa shape index (κ2) is 9.58. The van der Waals surface area contributed by atoms with Gasteiger partial charge in [-0.1, -0.05) is 6.07 Å². The summed E-state index contributed by atoms with van der Waals surface area (Å²) < 4.78 is 11.5. The van der Waals surface area contributed by atoms with E-state index >= 15 is 0 Å². The average Bonchev–Trinajstić information content (AvgIpc) is 3.16. The third-order valence-electron chi connectivity index (χ3n) is 6.36. The van der Waals surface area contributed by atoms with Crippen LogP contribution in [0.4, 0.5) is 0 Å². The Balaban J connectivity index is 1.33. The predicted octanol–water partition coefficient (Wildman–Crippen LogP) is 1.98. The van der Waals surface area contributed by atoms with Crippen LogP contribution in [0.15, 0.2) is 18.2 Å². The number of amides is 3. The first-order valence-electron chi connectivity index (χ1n) is 11.3. The van der Waals surface area contributed by atoms with Crippen molar-refractivity contribution in [3.05, 3.63) is 23.8 Å². The normalized spacial score (nSPS) is 21.1. The third-order valence-corrected chi connectivity index (χ3v) is 6.36. The molecule has 3 heterocycles. The lowest BCUT2D eigenvalue weighted by Crippen LogP contribution is -2.50. The Morgan fingerprint density at radius 3 is 2.29 bits per heavy atom. The van der Waals surface area contributed by atoms with E-state index in [0.29, 0.717) is 45.9 Å². The molecule has 3 aliphatic heterocycles. The van der Waals surface area contributed by atoms with Gasteiger partial charge in [-0.15, -0.1) is 0 Å². The molecule has 0 N–H and O–H groups in total. The van der Waals surface area contributed by atoms with Crippen LogP contribution in [-0.2, 0) is 14.4 Å². The fourth-order valence-electron chi connectivity index (χ4n) is 4.59. The summed E-state index contributed by atoms with van der Waals surface area (Å²) in [5, 5.41) is 0. The maximum absolute atomic E-state index is 12.9. The number of benzene rings is 1. The Morgan fingerprint density at radius 2 is 1.55 bits per heavy atom. The lowest BCUT2D eigenvalue weighted by molar-refractivity contribution is -0.140. The van der Waals surface area contributed by atoms with Gasteiger partial charge in [0.15, 0.2) is 11.5 Å². The Morgan fingerprint density at radius 1 is 0.871 bits per heavy atom. The van der Waals surface area contributed by atoms with Gasteiger partial charge in [-0.25, -0.2) is 0 Å². The summed E-state index contributed by atoms with van der Waals surface area (Å²) in [4.78, 5) is 42.4. The molecule has 2 fully saturated rings. The number of nitrogens with zero attached hydrogens (tertiary/aromatic N) is 3. The first kappa shape index (κ1) is 21.5. The number of hydrogen-bond acceptors (Lipinski definition) is 5. The average molecular weight is 430 g/mol. The Kier molecular flexibility index (Phi) is 6.63. The van der Waals surface area contributed by atoms with Gasteiger partial charge in [0.1, 0.15) is 0 Å². The molecule has 8 nitrogen and oxygen atoms in total. The smallest absolute Gasteiger partial charge is 0.223 e. The highest BCUT2D eigenvalue weighted by molar-refractivity contribution is 5.84. The molecule has 0 unspecified atom stereocenters. The van der Waals surface area contributed by atoms with Crippen LogP contribution in [-0.4, -0.2) is 78.4 Å². The molecular formula is C23H31N3O5. The predicted molar refractivity (Wildman–Crippen MR) is 114 cm³/mol. The van der Waals surface area contributed by atoms with Gasteiger partial charge >= 0.3 is 0 Å². The van der Waals surface area contributed by atoms with Crippen molar-refractivity contribution in [2.75, 3.05) is 45.9 Å². The van der Waals surface area contributed by atoms with E-state index in [4.69, 9.17) is 9.47 Å². The second-order valence-electron chi connectivity index (χ2n) is 8.39. The van der Waals surface area contributed by atoms with Crippen LogP contribution in [0.3, 0.4) is 0 Å². The molecule has 0 radical (unpaired) electrons. The molecule has 3 aliphatic rings. The van der Waals surface area contributed by atoms with Gasteiger partial charge in [-0.2, -0.15) is 0 Å². The fraction of sp³-hybridized carbons (Fsp3) is 0.609. The van der Waals surface area contributed by atoms with Gasteiger partial charge in [0.2, 0.25) is 17.7 Å². The SMILES string of the molecule is CC(=O)N1CCN(C(=O)CCC(=O)N2CCC[C@@H]2c2ccc3c(c2)OCCCO3)CC1. The van der Waals surface area contributed by atoms with Crippen LogP contribution < -0.4 is 9.47 Å². The Hall–Kier alpha value is -2.77. The van der Waals surface area contributed by atoms with E-state index in [-0.39, 0.29) is 36.6 Å². The Labute approximate surface area is 183 Å². The molecule has 1 atom stereocenters. The zero-order chi connectivity index (χ0) is 21.8. The highest BCUT2D eigenvalue weighted by Crippen LogP contribution is 2.38. The summed E-state index contributed by atoms with van der Waals surface area (Å²) in [6.45, 7) is 5.74. The molecule has 0 spiro atoms. The highest BCUT2D eigenvalue weighted by Gasteiger charge is 2.31. The quantitative estimate of drug-likeness (QED) is 0.731.